The van der Waals surface area contributed by atoms with Crippen molar-refractivity contribution >= 4 is 5.97 Å². The molecule has 2 aromatic heterocycles. The lowest BCUT2D eigenvalue weighted by molar-refractivity contribution is -0.141. The van der Waals surface area contributed by atoms with Gasteiger partial charge in [0.1, 0.15) is 0 Å². The zero-order valence-electron chi connectivity index (χ0n) is 11.5. The molecule has 2 rings (SSSR count). The first-order chi connectivity index (χ1) is 9.74. The van der Waals surface area contributed by atoms with Crippen LogP contribution in [0.15, 0.2) is 10.6 Å². The Morgan fingerprint density at radius 3 is 2.62 bits per heavy atom. The fourth-order valence-electron chi connectivity index (χ4n) is 1.77. The quantitative estimate of drug-likeness (QED) is 0.815. The van der Waals surface area contributed by atoms with Crippen molar-refractivity contribution in [2.45, 2.75) is 20.0 Å². The zero-order valence-corrected chi connectivity index (χ0v) is 11.5. The van der Waals surface area contributed by atoms with Gasteiger partial charge in [0.25, 0.3) is 0 Å². The predicted molar refractivity (Wildman–Crippen MR) is 64.4 cm³/mol. The van der Waals surface area contributed by atoms with Crippen LogP contribution in [-0.2, 0) is 18.0 Å². The standard InChI is InChI=1S/C12H12F3N3O3/c1-4-20-11(19)8-9(12(13,14)15)16-10(21-8)7-5-18(3)17-6(7)2/h5H,4H2,1-3H3. The number of aromatic nitrogens is 3. The first kappa shape index (κ1) is 15.1. The minimum atomic E-state index is -4.82. The molecule has 0 aliphatic carbocycles. The van der Waals surface area contributed by atoms with Gasteiger partial charge in [0, 0.05) is 13.2 Å². The van der Waals surface area contributed by atoms with Gasteiger partial charge in [-0.15, -0.1) is 0 Å². The van der Waals surface area contributed by atoms with Crippen molar-refractivity contribution in [2.75, 3.05) is 6.61 Å². The van der Waals surface area contributed by atoms with Crippen molar-refractivity contribution in [3.8, 4) is 11.5 Å². The summed E-state index contributed by atoms with van der Waals surface area (Å²) in [7, 11) is 1.61. The van der Waals surface area contributed by atoms with Gasteiger partial charge in [-0.1, -0.05) is 0 Å². The van der Waals surface area contributed by atoms with Gasteiger partial charge in [0.15, 0.2) is 5.69 Å². The summed E-state index contributed by atoms with van der Waals surface area (Å²) in [4.78, 5) is 15.0. The molecule has 0 aliphatic heterocycles. The minimum Gasteiger partial charge on any atom is -0.460 e. The van der Waals surface area contributed by atoms with Crippen molar-refractivity contribution in [3.63, 3.8) is 0 Å². The SMILES string of the molecule is CCOC(=O)c1oc(-c2cn(C)nc2C)nc1C(F)(F)F. The minimum absolute atomic E-state index is 0.0713. The normalized spacial score (nSPS) is 11.7. The Balaban J connectivity index is 2.55. The first-order valence-corrected chi connectivity index (χ1v) is 5.99. The summed E-state index contributed by atoms with van der Waals surface area (Å²) in [5.74, 6) is -2.48. The van der Waals surface area contributed by atoms with Gasteiger partial charge in [-0.25, -0.2) is 9.78 Å². The largest absolute Gasteiger partial charge is 0.460 e. The summed E-state index contributed by atoms with van der Waals surface area (Å²) >= 11 is 0. The van der Waals surface area contributed by atoms with Crippen LogP contribution in [-0.4, -0.2) is 27.3 Å². The van der Waals surface area contributed by atoms with Crippen LogP contribution in [0.3, 0.4) is 0 Å². The van der Waals surface area contributed by atoms with Gasteiger partial charge in [-0.3, -0.25) is 4.68 Å². The Labute approximate surface area is 117 Å². The van der Waals surface area contributed by atoms with E-state index < -0.39 is 23.6 Å². The van der Waals surface area contributed by atoms with E-state index in [4.69, 9.17) is 4.42 Å². The van der Waals surface area contributed by atoms with Gasteiger partial charge in [0.05, 0.1) is 17.9 Å². The maximum Gasteiger partial charge on any atom is 0.437 e. The van der Waals surface area contributed by atoms with Crippen molar-refractivity contribution in [2.24, 2.45) is 7.05 Å². The molecule has 0 amide bonds. The Kier molecular flexibility index (Phi) is 3.75. The van der Waals surface area contributed by atoms with Crippen molar-refractivity contribution in [1.82, 2.24) is 14.8 Å². The van der Waals surface area contributed by atoms with Gasteiger partial charge >= 0.3 is 12.1 Å². The number of rotatable bonds is 3. The van der Waals surface area contributed by atoms with Gasteiger partial charge in [-0.05, 0) is 13.8 Å². The second kappa shape index (κ2) is 5.23. The monoisotopic (exact) mass is 303 g/mol. The Morgan fingerprint density at radius 2 is 2.14 bits per heavy atom. The summed E-state index contributed by atoms with van der Waals surface area (Å²) in [5.41, 5.74) is -0.694. The van der Waals surface area contributed by atoms with Crippen LogP contribution in [0.2, 0.25) is 0 Å². The summed E-state index contributed by atoms with van der Waals surface area (Å²) in [6.07, 6.45) is -3.36. The highest BCUT2D eigenvalue weighted by atomic mass is 19.4. The van der Waals surface area contributed by atoms with E-state index in [2.05, 4.69) is 14.8 Å². The molecular formula is C12H12F3N3O3. The van der Waals surface area contributed by atoms with Crippen LogP contribution in [0.25, 0.3) is 11.5 Å². The Morgan fingerprint density at radius 1 is 1.48 bits per heavy atom. The smallest absolute Gasteiger partial charge is 0.437 e. The molecule has 0 unspecified atom stereocenters. The third kappa shape index (κ3) is 2.91. The topological polar surface area (TPSA) is 70.2 Å². The molecule has 0 spiro atoms. The molecule has 0 aliphatic rings. The highest BCUT2D eigenvalue weighted by Crippen LogP contribution is 2.35. The molecular weight excluding hydrogens is 291 g/mol. The van der Waals surface area contributed by atoms with E-state index in [1.807, 2.05) is 0 Å². The molecule has 0 bridgehead atoms. The average Bonchev–Trinajstić information content (AvgIpc) is 2.92. The van der Waals surface area contributed by atoms with Crippen molar-refractivity contribution in [1.29, 1.82) is 0 Å². The fourth-order valence-corrected chi connectivity index (χ4v) is 1.77. The molecule has 0 atom stereocenters. The number of alkyl halides is 3. The molecule has 2 heterocycles. The molecule has 0 saturated carbocycles. The van der Waals surface area contributed by atoms with E-state index in [0.717, 1.165) is 0 Å². The first-order valence-electron chi connectivity index (χ1n) is 5.99. The van der Waals surface area contributed by atoms with E-state index in [9.17, 15) is 18.0 Å². The number of hydrogen-bond acceptors (Lipinski definition) is 5. The lowest BCUT2D eigenvalue weighted by atomic mass is 10.3. The van der Waals surface area contributed by atoms with Gasteiger partial charge < -0.3 is 9.15 Å². The second-order valence-electron chi connectivity index (χ2n) is 4.22. The van der Waals surface area contributed by atoms with Crippen LogP contribution < -0.4 is 0 Å². The fraction of sp³-hybridized carbons (Fsp3) is 0.417. The van der Waals surface area contributed by atoms with E-state index in [1.54, 1.807) is 14.0 Å². The highest BCUT2D eigenvalue weighted by molar-refractivity contribution is 5.88. The number of hydrogen-bond donors (Lipinski definition) is 0. The molecule has 6 nitrogen and oxygen atoms in total. The molecule has 21 heavy (non-hydrogen) atoms. The van der Waals surface area contributed by atoms with Crippen LogP contribution in [0, 0.1) is 6.92 Å². The zero-order chi connectivity index (χ0) is 15.8. The van der Waals surface area contributed by atoms with Crippen LogP contribution in [0.4, 0.5) is 13.2 Å². The maximum atomic E-state index is 12.9. The maximum absolute atomic E-state index is 12.9. The molecule has 2 aromatic rings. The molecule has 0 fully saturated rings. The Hall–Kier alpha value is -2.32. The number of carbonyl (C=O) groups excluding carboxylic acids is 1. The highest BCUT2D eigenvalue weighted by Gasteiger charge is 2.42. The summed E-state index contributed by atoms with van der Waals surface area (Å²) in [6.45, 7) is 3.00. The van der Waals surface area contributed by atoms with Crippen molar-refractivity contribution in [3.05, 3.63) is 23.3 Å². The van der Waals surface area contributed by atoms with Crippen molar-refractivity contribution < 1.29 is 27.1 Å². The summed E-state index contributed by atoms with van der Waals surface area (Å²) < 4.78 is 49.7. The number of carbonyl (C=O) groups is 1. The lowest BCUT2D eigenvalue weighted by Gasteiger charge is -2.03. The third-order valence-electron chi connectivity index (χ3n) is 2.60. The lowest BCUT2D eigenvalue weighted by Crippen LogP contribution is -2.14. The molecule has 9 heteroatoms. The number of esters is 1. The predicted octanol–water partition coefficient (Wildman–Crippen LogP) is 2.58. The van der Waals surface area contributed by atoms with E-state index in [0.29, 0.717) is 5.69 Å². The number of aryl methyl sites for hydroxylation is 2. The van der Waals surface area contributed by atoms with E-state index >= 15 is 0 Å². The number of halogens is 3. The van der Waals surface area contributed by atoms with Crippen LogP contribution in [0.1, 0.15) is 28.9 Å². The number of ether oxygens (including phenoxy) is 1. The number of nitrogens with zero attached hydrogens (tertiary/aromatic N) is 3. The van der Waals surface area contributed by atoms with E-state index in [-0.39, 0.29) is 18.1 Å². The Bertz CT molecular complexity index is 673. The third-order valence-corrected chi connectivity index (χ3v) is 2.60. The molecule has 114 valence electrons. The molecule has 0 saturated heterocycles. The van der Waals surface area contributed by atoms with Crippen LogP contribution in [0.5, 0.6) is 0 Å². The van der Waals surface area contributed by atoms with Crippen LogP contribution >= 0.6 is 0 Å². The molecule has 0 aromatic carbocycles. The molecule has 0 radical (unpaired) electrons. The van der Waals surface area contributed by atoms with Gasteiger partial charge in [-0.2, -0.15) is 18.3 Å². The second-order valence-corrected chi connectivity index (χ2v) is 4.22. The molecule has 0 N–H and O–H groups in total. The van der Waals surface area contributed by atoms with Gasteiger partial charge in [0.2, 0.25) is 11.7 Å². The number of oxazole rings is 1. The summed E-state index contributed by atoms with van der Waals surface area (Å²) in [5, 5.41) is 3.99. The summed E-state index contributed by atoms with van der Waals surface area (Å²) in [6, 6.07) is 0. The van der Waals surface area contributed by atoms with E-state index in [1.165, 1.54) is 17.8 Å². The average molecular weight is 303 g/mol.